The van der Waals surface area contributed by atoms with Gasteiger partial charge < -0.3 is 15.2 Å². The molecular formula is C24H22FN5O3. The first-order valence-corrected chi connectivity index (χ1v) is 10.3. The second-order valence-electron chi connectivity index (χ2n) is 7.76. The van der Waals surface area contributed by atoms with Crippen molar-refractivity contribution in [3.05, 3.63) is 82.7 Å². The molecule has 2 N–H and O–H groups in total. The highest BCUT2D eigenvalue weighted by atomic mass is 19.1. The van der Waals surface area contributed by atoms with Gasteiger partial charge in [-0.2, -0.15) is 0 Å². The lowest BCUT2D eigenvalue weighted by Gasteiger charge is -2.12. The molecule has 1 fully saturated rings. The van der Waals surface area contributed by atoms with Gasteiger partial charge in [-0.25, -0.2) is 19.1 Å². The summed E-state index contributed by atoms with van der Waals surface area (Å²) in [5, 5.41) is 4.88. The molecule has 3 aromatic rings. The van der Waals surface area contributed by atoms with E-state index in [0.29, 0.717) is 0 Å². The van der Waals surface area contributed by atoms with E-state index in [1.165, 1.54) is 18.2 Å². The Kier molecular flexibility index (Phi) is 5.78. The molecule has 4 amide bonds. The Morgan fingerprint density at radius 3 is 2.64 bits per heavy atom. The number of nitrogens with one attached hydrogen (secondary N) is 2. The summed E-state index contributed by atoms with van der Waals surface area (Å²) in [6.07, 6.45) is 3.30. The molecule has 1 aliphatic rings. The molecule has 0 atom stereocenters. The number of hydrogen-bond acceptors (Lipinski definition) is 4. The fourth-order valence-corrected chi connectivity index (χ4v) is 3.70. The summed E-state index contributed by atoms with van der Waals surface area (Å²) in [6.45, 7) is 5.26. The summed E-state index contributed by atoms with van der Waals surface area (Å²) >= 11 is 0. The third kappa shape index (κ3) is 4.38. The molecule has 0 spiro atoms. The lowest BCUT2D eigenvalue weighted by Crippen LogP contribution is -2.38. The van der Waals surface area contributed by atoms with Gasteiger partial charge in [0.05, 0.1) is 5.69 Å². The Morgan fingerprint density at radius 2 is 1.91 bits per heavy atom. The first kappa shape index (κ1) is 21.9. The molecule has 33 heavy (non-hydrogen) atoms. The van der Waals surface area contributed by atoms with Crippen molar-refractivity contribution in [2.24, 2.45) is 0 Å². The van der Waals surface area contributed by atoms with E-state index in [2.05, 4.69) is 15.6 Å². The molecule has 8 nitrogen and oxygen atoms in total. The second kappa shape index (κ2) is 8.70. The van der Waals surface area contributed by atoms with Crippen LogP contribution >= 0.6 is 0 Å². The van der Waals surface area contributed by atoms with Gasteiger partial charge in [0.2, 0.25) is 5.91 Å². The van der Waals surface area contributed by atoms with Crippen LogP contribution in [0.15, 0.2) is 54.4 Å². The molecule has 0 bridgehead atoms. The van der Waals surface area contributed by atoms with Gasteiger partial charge in [-0.3, -0.25) is 9.59 Å². The van der Waals surface area contributed by atoms with E-state index in [0.717, 1.165) is 33.2 Å². The van der Waals surface area contributed by atoms with Gasteiger partial charge >= 0.3 is 6.03 Å². The number of rotatable bonds is 5. The Balaban J connectivity index is 1.54. The largest absolute Gasteiger partial charge is 0.329 e. The van der Waals surface area contributed by atoms with Gasteiger partial charge in [0.15, 0.2) is 0 Å². The molecule has 1 aliphatic heterocycles. The van der Waals surface area contributed by atoms with Crippen LogP contribution in [0.2, 0.25) is 0 Å². The third-order valence-corrected chi connectivity index (χ3v) is 5.31. The lowest BCUT2D eigenvalue weighted by atomic mass is 10.2. The molecule has 2 aromatic heterocycles. The van der Waals surface area contributed by atoms with Gasteiger partial charge in [-0.1, -0.05) is 12.1 Å². The van der Waals surface area contributed by atoms with Crippen LogP contribution in [0.4, 0.5) is 14.9 Å². The van der Waals surface area contributed by atoms with Crippen molar-refractivity contribution < 1.29 is 18.8 Å². The van der Waals surface area contributed by atoms with Crippen LogP contribution in [-0.4, -0.2) is 38.8 Å². The Bertz CT molecular complexity index is 1310. The minimum atomic E-state index is -0.718. The highest BCUT2D eigenvalue weighted by molar-refractivity contribution is 6.16. The Morgan fingerprint density at radius 1 is 1.15 bits per heavy atom. The van der Waals surface area contributed by atoms with Crippen molar-refractivity contribution in [2.45, 2.75) is 20.8 Å². The summed E-state index contributed by atoms with van der Waals surface area (Å²) in [4.78, 5) is 42.6. The Labute approximate surface area is 189 Å². The number of imide groups is 1. The number of benzene rings is 1. The molecule has 168 valence electrons. The van der Waals surface area contributed by atoms with Gasteiger partial charge in [0, 0.05) is 17.6 Å². The quantitative estimate of drug-likeness (QED) is 0.462. The summed E-state index contributed by atoms with van der Waals surface area (Å²) in [5.41, 5.74) is 3.58. The van der Waals surface area contributed by atoms with Crippen molar-refractivity contribution in [2.75, 3.05) is 11.9 Å². The number of carbonyl (C=O) groups excluding carboxylic acids is 3. The lowest BCUT2D eigenvalue weighted by molar-refractivity contribution is -0.127. The maximum absolute atomic E-state index is 13.7. The number of aromatic nitrogens is 2. The van der Waals surface area contributed by atoms with Gasteiger partial charge in [0.25, 0.3) is 5.91 Å². The van der Waals surface area contributed by atoms with Crippen molar-refractivity contribution in [1.82, 2.24) is 19.8 Å². The fourth-order valence-electron chi connectivity index (χ4n) is 3.70. The topological polar surface area (TPSA) is 96.3 Å². The van der Waals surface area contributed by atoms with E-state index in [-0.39, 0.29) is 11.4 Å². The van der Waals surface area contributed by atoms with Crippen molar-refractivity contribution in [3.8, 4) is 5.82 Å². The number of hydrogen-bond donors (Lipinski definition) is 2. The van der Waals surface area contributed by atoms with E-state index < -0.39 is 30.2 Å². The highest BCUT2D eigenvalue weighted by Gasteiger charge is 2.35. The summed E-state index contributed by atoms with van der Waals surface area (Å²) in [6, 6.07) is 10.7. The molecule has 9 heteroatoms. The average Bonchev–Trinajstić information content (AvgIpc) is 3.19. The molecule has 0 radical (unpaired) electrons. The molecular weight excluding hydrogens is 425 g/mol. The SMILES string of the molecule is Cc1ccnc(-n2c(C)cc(/C=C3/NC(=O)N(CC(=O)Nc4ccccc4F)C3=O)c2C)c1. The smallest absolute Gasteiger partial charge is 0.322 e. The molecule has 3 heterocycles. The molecule has 1 saturated heterocycles. The van der Waals surface area contributed by atoms with E-state index >= 15 is 0 Å². The predicted molar refractivity (Wildman–Crippen MR) is 121 cm³/mol. The number of nitrogens with zero attached hydrogens (tertiary/aromatic N) is 3. The third-order valence-electron chi connectivity index (χ3n) is 5.31. The number of amides is 4. The van der Waals surface area contributed by atoms with Crippen LogP contribution < -0.4 is 10.6 Å². The van der Waals surface area contributed by atoms with E-state index in [1.807, 2.05) is 43.5 Å². The van der Waals surface area contributed by atoms with Crippen molar-refractivity contribution in [3.63, 3.8) is 0 Å². The zero-order valence-electron chi connectivity index (χ0n) is 18.3. The molecule has 0 aliphatic carbocycles. The minimum absolute atomic E-state index is 0.0254. The maximum Gasteiger partial charge on any atom is 0.329 e. The molecule has 4 rings (SSSR count). The van der Waals surface area contributed by atoms with Crippen molar-refractivity contribution >= 4 is 29.6 Å². The fraction of sp³-hybridized carbons (Fsp3) is 0.167. The van der Waals surface area contributed by atoms with E-state index in [1.54, 1.807) is 18.3 Å². The van der Waals surface area contributed by atoms with Crippen molar-refractivity contribution in [1.29, 1.82) is 0 Å². The highest BCUT2D eigenvalue weighted by Crippen LogP contribution is 2.23. The van der Waals surface area contributed by atoms with Crippen LogP contribution in [0.25, 0.3) is 11.9 Å². The van der Waals surface area contributed by atoms with Crippen LogP contribution in [0.1, 0.15) is 22.5 Å². The summed E-state index contributed by atoms with van der Waals surface area (Å²) in [7, 11) is 0. The standard InChI is InChI=1S/C24H22FN5O3/c1-14-8-9-26-21(10-14)30-15(2)11-17(16(30)3)12-20-23(32)29(24(33)28-20)13-22(31)27-19-7-5-4-6-18(19)25/h4-12H,13H2,1-3H3,(H,27,31)(H,28,33)/b20-12+. The average molecular weight is 447 g/mol. The first-order valence-electron chi connectivity index (χ1n) is 10.3. The number of urea groups is 1. The van der Waals surface area contributed by atoms with Gasteiger partial charge in [-0.15, -0.1) is 0 Å². The normalized spacial score (nSPS) is 14.7. The molecule has 1 aromatic carbocycles. The van der Waals surface area contributed by atoms with E-state index in [9.17, 15) is 18.8 Å². The zero-order chi connectivity index (χ0) is 23.7. The summed E-state index contributed by atoms with van der Waals surface area (Å²) < 4.78 is 15.7. The Hall–Kier alpha value is -4.27. The number of anilines is 1. The number of carbonyl (C=O) groups is 3. The molecule has 0 unspecified atom stereocenters. The number of pyridine rings is 1. The number of halogens is 1. The predicted octanol–water partition coefficient (Wildman–Crippen LogP) is 3.47. The van der Waals surface area contributed by atoms with Crippen LogP contribution in [0.3, 0.4) is 0 Å². The van der Waals surface area contributed by atoms with Crippen LogP contribution in [-0.2, 0) is 9.59 Å². The van der Waals surface area contributed by atoms with Gasteiger partial charge in [0.1, 0.15) is 23.9 Å². The maximum atomic E-state index is 13.7. The summed E-state index contributed by atoms with van der Waals surface area (Å²) in [5.74, 6) is -1.18. The minimum Gasteiger partial charge on any atom is -0.322 e. The molecule has 0 saturated carbocycles. The van der Waals surface area contributed by atoms with Crippen LogP contribution in [0.5, 0.6) is 0 Å². The second-order valence-corrected chi connectivity index (χ2v) is 7.76. The monoisotopic (exact) mass is 447 g/mol. The number of aryl methyl sites for hydroxylation is 2. The number of para-hydroxylation sites is 1. The van der Waals surface area contributed by atoms with Gasteiger partial charge in [-0.05, 0) is 68.3 Å². The zero-order valence-corrected chi connectivity index (χ0v) is 18.3. The van der Waals surface area contributed by atoms with Crippen LogP contribution in [0, 0.1) is 26.6 Å². The van der Waals surface area contributed by atoms with E-state index in [4.69, 9.17) is 0 Å². The first-order chi connectivity index (χ1) is 15.7.